The molecule has 1 aliphatic heterocycles. The van der Waals surface area contributed by atoms with Gasteiger partial charge in [0.25, 0.3) is 5.91 Å². The summed E-state index contributed by atoms with van der Waals surface area (Å²) in [6.45, 7) is 4.99. The van der Waals surface area contributed by atoms with Gasteiger partial charge in [-0.1, -0.05) is 17.7 Å². The average molecular weight is 435 g/mol. The Labute approximate surface area is 186 Å². The van der Waals surface area contributed by atoms with Crippen molar-refractivity contribution in [2.75, 3.05) is 19.7 Å². The Balaban J connectivity index is 1.69. The van der Waals surface area contributed by atoms with E-state index in [4.69, 9.17) is 4.74 Å². The van der Waals surface area contributed by atoms with Crippen molar-refractivity contribution >= 4 is 11.9 Å². The summed E-state index contributed by atoms with van der Waals surface area (Å²) in [6, 6.07) is 15.5. The van der Waals surface area contributed by atoms with E-state index in [1.807, 2.05) is 31.2 Å². The molecule has 1 saturated heterocycles. The van der Waals surface area contributed by atoms with Crippen LogP contribution in [0.4, 0.5) is 4.39 Å². The molecule has 3 aromatic rings. The van der Waals surface area contributed by atoms with Gasteiger partial charge in [0.2, 0.25) is 0 Å². The van der Waals surface area contributed by atoms with Crippen molar-refractivity contribution in [1.82, 2.24) is 14.7 Å². The molecule has 32 heavy (non-hydrogen) atoms. The lowest BCUT2D eigenvalue weighted by molar-refractivity contribution is -0.149. The number of aromatic nitrogens is 2. The van der Waals surface area contributed by atoms with Crippen molar-refractivity contribution in [3.05, 3.63) is 71.7 Å². The van der Waals surface area contributed by atoms with Crippen molar-refractivity contribution in [3.8, 4) is 16.9 Å². The van der Waals surface area contributed by atoms with Gasteiger partial charge < -0.3 is 9.64 Å². The smallest absolute Gasteiger partial charge is 0.310 e. The van der Waals surface area contributed by atoms with Crippen LogP contribution in [0.1, 0.15) is 35.8 Å². The number of aryl methyl sites for hydroxylation is 1. The van der Waals surface area contributed by atoms with Crippen LogP contribution in [0.25, 0.3) is 16.9 Å². The number of carbonyl (C=O) groups is 2. The van der Waals surface area contributed by atoms with Crippen LogP contribution in [-0.4, -0.2) is 46.3 Å². The van der Waals surface area contributed by atoms with Gasteiger partial charge in [-0.25, -0.2) is 9.07 Å². The van der Waals surface area contributed by atoms with Gasteiger partial charge in [0, 0.05) is 18.7 Å². The fourth-order valence-corrected chi connectivity index (χ4v) is 3.95. The van der Waals surface area contributed by atoms with E-state index in [1.54, 1.807) is 34.7 Å². The summed E-state index contributed by atoms with van der Waals surface area (Å²) >= 11 is 0. The molecule has 2 aromatic carbocycles. The Morgan fingerprint density at radius 3 is 2.53 bits per heavy atom. The fourth-order valence-electron chi connectivity index (χ4n) is 3.95. The molecule has 0 bridgehead atoms. The van der Waals surface area contributed by atoms with Gasteiger partial charge >= 0.3 is 5.97 Å². The number of halogens is 1. The number of nitrogens with zero attached hydrogens (tertiary/aromatic N) is 3. The Kier molecular flexibility index (Phi) is 6.35. The van der Waals surface area contributed by atoms with Gasteiger partial charge in [-0.3, -0.25) is 9.59 Å². The zero-order valence-corrected chi connectivity index (χ0v) is 18.3. The molecule has 0 radical (unpaired) electrons. The summed E-state index contributed by atoms with van der Waals surface area (Å²) in [5, 5.41) is 4.66. The SMILES string of the molecule is CCOC(=O)C1CCCN(C(=O)c2cc(-c3ccc(F)cc3)nn2-c2ccc(C)cc2)C1. The number of hydrogen-bond donors (Lipinski definition) is 0. The first kappa shape index (κ1) is 21.7. The monoisotopic (exact) mass is 435 g/mol. The summed E-state index contributed by atoms with van der Waals surface area (Å²) in [5.74, 6) is -1.11. The molecule has 6 nitrogen and oxygen atoms in total. The van der Waals surface area contributed by atoms with E-state index >= 15 is 0 Å². The molecule has 1 atom stereocenters. The lowest BCUT2D eigenvalue weighted by Crippen LogP contribution is -2.43. The second kappa shape index (κ2) is 9.34. The quantitative estimate of drug-likeness (QED) is 0.557. The first-order chi connectivity index (χ1) is 15.5. The second-order valence-electron chi connectivity index (χ2n) is 8.01. The van der Waals surface area contributed by atoms with E-state index in [9.17, 15) is 14.0 Å². The Morgan fingerprint density at radius 2 is 1.84 bits per heavy atom. The Hall–Kier alpha value is -3.48. The van der Waals surface area contributed by atoms with E-state index in [1.165, 1.54) is 12.1 Å². The van der Waals surface area contributed by atoms with E-state index in [-0.39, 0.29) is 23.6 Å². The zero-order valence-electron chi connectivity index (χ0n) is 18.3. The fraction of sp³-hybridized carbons (Fsp3) is 0.320. The van der Waals surface area contributed by atoms with Crippen LogP contribution in [-0.2, 0) is 9.53 Å². The predicted molar refractivity (Wildman–Crippen MR) is 119 cm³/mol. The summed E-state index contributed by atoms with van der Waals surface area (Å²) in [6.07, 6.45) is 1.44. The molecule has 0 saturated carbocycles. The van der Waals surface area contributed by atoms with E-state index in [0.29, 0.717) is 43.1 Å². The number of piperidine rings is 1. The molecule has 2 heterocycles. The van der Waals surface area contributed by atoms with Gasteiger partial charge in [-0.15, -0.1) is 0 Å². The third kappa shape index (κ3) is 4.56. The molecule has 0 spiro atoms. The average Bonchev–Trinajstić information content (AvgIpc) is 3.25. The minimum atomic E-state index is -0.332. The summed E-state index contributed by atoms with van der Waals surface area (Å²) < 4.78 is 20.2. The van der Waals surface area contributed by atoms with Gasteiger partial charge in [0.1, 0.15) is 11.5 Å². The number of benzene rings is 2. The van der Waals surface area contributed by atoms with Crippen molar-refractivity contribution in [1.29, 1.82) is 0 Å². The van der Waals surface area contributed by atoms with Crippen LogP contribution in [0, 0.1) is 18.7 Å². The number of amides is 1. The molecule has 0 N–H and O–H groups in total. The maximum atomic E-state index is 13.5. The standard InChI is InChI=1S/C25H26FN3O3/c1-3-32-25(31)19-5-4-14-28(16-19)24(30)23-15-22(18-8-10-20(26)11-9-18)27-29(23)21-12-6-17(2)7-13-21/h6-13,15,19H,3-5,14,16H2,1-2H3. The third-order valence-corrected chi connectivity index (χ3v) is 5.68. The van der Waals surface area contributed by atoms with E-state index in [2.05, 4.69) is 5.10 Å². The second-order valence-corrected chi connectivity index (χ2v) is 8.01. The summed E-state index contributed by atoms with van der Waals surface area (Å²) in [7, 11) is 0. The number of rotatable bonds is 5. The van der Waals surface area contributed by atoms with Crippen LogP contribution in [0.5, 0.6) is 0 Å². The largest absolute Gasteiger partial charge is 0.466 e. The highest BCUT2D eigenvalue weighted by Crippen LogP contribution is 2.25. The molecular weight excluding hydrogens is 409 g/mol. The molecule has 0 aliphatic carbocycles. The van der Waals surface area contributed by atoms with Gasteiger partial charge in [0.05, 0.1) is 23.9 Å². The normalized spacial score (nSPS) is 16.1. The first-order valence-corrected chi connectivity index (χ1v) is 10.8. The number of ether oxygens (including phenoxy) is 1. The van der Waals surface area contributed by atoms with Crippen molar-refractivity contribution in [3.63, 3.8) is 0 Å². The molecule has 1 fully saturated rings. The summed E-state index contributed by atoms with van der Waals surface area (Å²) in [5.41, 5.74) is 3.55. The van der Waals surface area contributed by atoms with Crippen molar-refractivity contribution in [2.45, 2.75) is 26.7 Å². The van der Waals surface area contributed by atoms with Crippen LogP contribution in [0.3, 0.4) is 0 Å². The Bertz CT molecular complexity index is 1110. The highest BCUT2D eigenvalue weighted by molar-refractivity contribution is 5.95. The molecule has 1 amide bonds. The molecule has 1 unspecified atom stereocenters. The van der Waals surface area contributed by atoms with Crippen LogP contribution in [0.2, 0.25) is 0 Å². The lowest BCUT2D eigenvalue weighted by Gasteiger charge is -2.31. The van der Waals surface area contributed by atoms with Gasteiger partial charge in [-0.2, -0.15) is 5.10 Å². The predicted octanol–water partition coefficient (Wildman–Crippen LogP) is 4.40. The van der Waals surface area contributed by atoms with Gasteiger partial charge in [0.15, 0.2) is 0 Å². The number of hydrogen-bond acceptors (Lipinski definition) is 4. The minimum Gasteiger partial charge on any atom is -0.466 e. The molecule has 4 rings (SSSR count). The van der Waals surface area contributed by atoms with Crippen LogP contribution >= 0.6 is 0 Å². The highest BCUT2D eigenvalue weighted by atomic mass is 19.1. The molecule has 166 valence electrons. The number of carbonyl (C=O) groups excluding carboxylic acids is 2. The molecule has 1 aromatic heterocycles. The third-order valence-electron chi connectivity index (χ3n) is 5.68. The number of likely N-dealkylation sites (tertiary alicyclic amines) is 1. The highest BCUT2D eigenvalue weighted by Gasteiger charge is 2.31. The lowest BCUT2D eigenvalue weighted by atomic mass is 9.98. The minimum absolute atomic E-state index is 0.194. The zero-order chi connectivity index (χ0) is 22.7. The maximum absolute atomic E-state index is 13.5. The Morgan fingerprint density at radius 1 is 1.12 bits per heavy atom. The first-order valence-electron chi connectivity index (χ1n) is 10.8. The molecule has 7 heteroatoms. The van der Waals surface area contributed by atoms with Crippen molar-refractivity contribution in [2.24, 2.45) is 5.92 Å². The van der Waals surface area contributed by atoms with E-state index < -0.39 is 0 Å². The topological polar surface area (TPSA) is 64.4 Å². The van der Waals surface area contributed by atoms with Gasteiger partial charge in [-0.05, 0) is 69.2 Å². The van der Waals surface area contributed by atoms with E-state index in [0.717, 1.165) is 17.7 Å². The summed E-state index contributed by atoms with van der Waals surface area (Å²) in [4.78, 5) is 27.5. The molecule has 1 aliphatic rings. The molecular formula is C25H26FN3O3. The number of esters is 1. The van der Waals surface area contributed by atoms with Crippen molar-refractivity contribution < 1.29 is 18.7 Å². The maximum Gasteiger partial charge on any atom is 0.310 e. The van der Waals surface area contributed by atoms with Crippen LogP contribution < -0.4 is 0 Å². The van der Waals surface area contributed by atoms with Crippen LogP contribution in [0.15, 0.2) is 54.6 Å².